The lowest BCUT2D eigenvalue weighted by Gasteiger charge is -2.31. The van der Waals surface area contributed by atoms with E-state index in [0.29, 0.717) is 19.6 Å². The number of hydrogen-bond acceptors (Lipinski definition) is 5. The van der Waals surface area contributed by atoms with E-state index in [2.05, 4.69) is 5.32 Å². The summed E-state index contributed by atoms with van der Waals surface area (Å²) in [5.74, 6) is -0.832. The summed E-state index contributed by atoms with van der Waals surface area (Å²) >= 11 is 0. The second kappa shape index (κ2) is 6.84. The van der Waals surface area contributed by atoms with E-state index in [9.17, 15) is 21.2 Å². The molecule has 1 saturated heterocycles. The first kappa shape index (κ1) is 18.3. The minimum absolute atomic E-state index is 0.212. The van der Waals surface area contributed by atoms with Crippen LogP contribution in [0.4, 0.5) is 4.39 Å². The summed E-state index contributed by atoms with van der Waals surface area (Å²) in [5, 5.41) is 3.03. The minimum Gasteiger partial charge on any atom is -0.319 e. The van der Waals surface area contributed by atoms with Gasteiger partial charge in [0.15, 0.2) is 9.84 Å². The molecule has 1 aliphatic rings. The third-order valence-corrected chi connectivity index (χ3v) is 6.91. The molecule has 0 saturated carbocycles. The van der Waals surface area contributed by atoms with Gasteiger partial charge in [-0.15, -0.1) is 0 Å². The summed E-state index contributed by atoms with van der Waals surface area (Å²) < 4.78 is 63.4. The predicted molar refractivity (Wildman–Crippen MR) is 84.9 cm³/mol. The molecule has 2 rings (SSSR count). The van der Waals surface area contributed by atoms with E-state index in [4.69, 9.17) is 0 Å². The Kier molecular flexibility index (Phi) is 5.44. The zero-order valence-electron chi connectivity index (χ0n) is 13.1. The number of nitrogens with one attached hydrogen (secondary N) is 1. The second-order valence-corrected chi connectivity index (χ2v) is 9.72. The fourth-order valence-electron chi connectivity index (χ4n) is 2.79. The van der Waals surface area contributed by atoms with Crippen LogP contribution in [0.15, 0.2) is 28.0 Å². The Bertz CT molecular complexity index is 776. The smallest absolute Gasteiger partial charge is 0.243 e. The molecule has 1 fully saturated rings. The van der Waals surface area contributed by atoms with E-state index in [1.165, 1.54) is 4.31 Å². The Hall–Kier alpha value is -1.03. The van der Waals surface area contributed by atoms with Crippen molar-refractivity contribution in [2.24, 2.45) is 5.92 Å². The van der Waals surface area contributed by atoms with Crippen molar-refractivity contribution in [1.29, 1.82) is 0 Å². The normalized spacial score (nSPS) is 20.6. The van der Waals surface area contributed by atoms with Crippen molar-refractivity contribution in [3.05, 3.63) is 24.0 Å². The van der Waals surface area contributed by atoms with Gasteiger partial charge in [-0.1, -0.05) is 0 Å². The molecule has 1 unspecified atom stereocenters. The van der Waals surface area contributed by atoms with Crippen LogP contribution in [0.1, 0.15) is 12.8 Å². The average molecular weight is 364 g/mol. The molecule has 0 aromatic heterocycles. The van der Waals surface area contributed by atoms with Crippen molar-refractivity contribution in [3.8, 4) is 0 Å². The first-order valence-corrected chi connectivity index (χ1v) is 10.6. The zero-order valence-corrected chi connectivity index (χ0v) is 14.8. The monoisotopic (exact) mass is 364 g/mol. The Morgan fingerprint density at radius 2 is 2.00 bits per heavy atom. The number of benzene rings is 1. The molecule has 0 radical (unpaired) electrons. The fraction of sp³-hybridized carbons (Fsp3) is 0.571. The topological polar surface area (TPSA) is 83.6 Å². The minimum atomic E-state index is -3.83. The van der Waals surface area contributed by atoms with Gasteiger partial charge < -0.3 is 5.32 Å². The van der Waals surface area contributed by atoms with Gasteiger partial charge in [-0.05, 0) is 50.6 Å². The first-order valence-electron chi connectivity index (χ1n) is 7.30. The second-order valence-electron chi connectivity index (χ2n) is 5.79. The Labute approximate surface area is 136 Å². The van der Waals surface area contributed by atoms with Gasteiger partial charge in [-0.3, -0.25) is 0 Å². The van der Waals surface area contributed by atoms with Gasteiger partial charge in [0.2, 0.25) is 10.0 Å². The summed E-state index contributed by atoms with van der Waals surface area (Å²) in [5.41, 5.74) is 0. The number of sulfone groups is 1. The van der Waals surface area contributed by atoms with Gasteiger partial charge in [0.25, 0.3) is 0 Å². The van der Waals surface area contributed by atoms with Gasteiger partial charge in [0.1, 0.15) is 10.7 Å². The Morgan fingerprint density at radius 3 is 2.57 bits per heavy atom. The third kappa shape index (κ3) is 4.09. The van der Waals surface area contributed by atoms with Crippen molar-refractivity contribution >= 4 is 19.9 Å². The van der Waals surface area contributed by atoms with Crippen molar-refractivity contribution in [2.75, 3.05) is 32.9 Å². The highest BCUT2D eigenvalue weighted by atomic mass is 32.2. The van der Waals surface area contributed by atoms with Crippen LogP contribution in [-0.4, -0.2) is 54.1 Å². The largest absolute Gasteiger partial charge is 0.319 e. The highest BCUT2D eigenvalue weighted by Gasteiger charge is 2.31. The van der Waals surface area contributed by atoms with Crippen molar-refractivity contribution in [1.82, 2.24) is 9.62 Å². The molecule has 9 heteroatoms. The molecule has 0 bridgehead atoms. The summed E-state index contributed by atoms with van der Waals surface area (Å²) in [6, 6.07) is 2.94. The van der Waals surface area contributed by atoms with Crippen LogP contribution in [0.2, 0.25) is 0 Å². The maximum absolute atomic E-state index is 14.0. The Balaban J connectivity index is 2.31. The fourth-order valence-corrected chi connectivity index (χ4v) is 5.09. The van der Waals surface area contributed by atoms with E-state index in [1.54, 1.807) is 0 Å². The number of nitrogens with zero attached hydrogens (tertiary/aromatic N) is 1. The van der Waals surface area contributed by atoms with E-state index in [0.717, 1.165) is 37.3 Å². The molecule has 6 nitrogen and oxygen atoms in total. The standard InChI is InChI=1S/C14H21FN2O4S2/c1-16-9-11-4-3-7-17(10-11)23(20,21)12-5-6-14(13(15)8-12)22(2,18)19/h5-6,8,11,16H,3-4,7,9-10H2,1-2H3. The average Bonchev–Trinajstić information content (AvgIpc) is 2.46. The number of sulfonamides is 1. The molecular formula is C14H21FN2O4S2. The molecule has 1 aliphatic heterocycles. The molecule has 130 valence electrons. The molecule has 0 amide bonds. The number of hydrogen-bond donors (Lipinski definition) is 1. The van der Waals surface area contributed by atoms with Crippen LogP contribution in [0.25, 0.3) is 0 Å². The predicted octanol–water partition coefficient (Wildman–Crippen LogP) is 0.849. The lowest BCUT2D eigenvalue weighted by atomic mass is 10.00. The highest BCUT2D eigenvalue weighted by molar-refractivity contribution is 7.90. The number of halogens is 1. The molecule has 0 aliphatic carbocycles. The highest BCUT2D eigenvalue weighted by Crippen LogP contribution is 2.25. The first-order chi connectivity index (χ1) is 10.7. The summed E-state index contributed by atoms with van der Waals surface area (Å²) in [6.07, 6.45) is 2.57. The van der Waals surface area contributed by atoms with E-state index >= 15 is 0 Å². The van der Waals surface area contributed by atoms with E-state index < -0.39 is 30.6 Å². The zero-order chi connectivity index (χ0) is 17.3. The van der Waals surface area contributed by atoms with Crippen LogP contribution >= 0.6 is 0 Å². The van der Waals surface area contributed by atoms with Crippen molar-refractivity contribution in [3.63, 3.8) is 0 Å². The molecule has 1 N–H and O–H groups in total. The molecular weight excluding hydrogens is 343 g/mol. The molecule has 0 spiro atoms. The molecule has 1 aromatic rings. The molecule has 23 heavy (non-hydrogen) atoms. The van der Waals surface area contributed by atoms with Crippen LogP contribution in [0.3, 0.4) is 0 Å². The molecule has 1 aromatic carbocycles. The Morgan fingerprint density at radius 1 is 1.30 bits per heavy atom. The van der Waals surface area contributed by atoms with Crippen LogP contribution in [0, 0.1) is 11.7 Å². The van der Waals surface area contributed by atoms with Gasteiger partial charge >= 0.3 is 0 Å². The van der Waals surface area contributed by atoms with Crippen LogP contribution < -0.4 is 5.32 Å². The van der Waals surface area contributed by atoms with Gasteiger partial charge in [0.05, 0.1) is 4.90 Å². The van der Waals surface area contributed by atoms with Gasteiger partial charge in [-0.2, -0.15) is 4.31 Å². The van der Waals surface area contributed by atoms with Crippen LogP contribution in [-0.2, 0) is 19.9 Å². The number of piperidine rings is 1. The van der Waals surface area contributed by atoms with Crippen molar-refractivity contribution in [2.45, 2.75) is 22.6 Å². The number of rotatable bonds is 5. The molecule has 1 heterocycles. The molecule has 1 atom stereocenters. The van der Waals surface area contributed by atoms with Gasteiger partial charge in [-0.25, -0.2) is 21.2 Å². The lowest BCUT2D eigenvalue weighted by molar-refractivity contribution is 0.263. The van der Waals surface area contributed by atoms with Crippen LogP contribution in [0.5, 0.6) is 0 Å². The van der Waals surface area contributed by atoms with Gasteiger partial charge in [0, 0.05) is 19.3 Å². The lowest BCUT2D eigenvalue weighted by Crippen LogP contribution is -2.42. The maximum Gasteiger partial charge on any atom is 0.243 e. The van der Waals surface area contributed by atoms with E-state index in [1.807, 2.05) is 7.05 Å². The summed E-state index contributed by atoms with van der Waals surface area (Å²) in [4.78, 5) is -0.712. The maximum atomic E-state index is 14.0. The SMILES string of the molecule is CNCC1CCCN(S(=O)(=O)c2ccc(S(C)(=O)=O)c(F)c2)C1. The third-order valence-electron chi connectivity index (χ3n) is 3.92. The summed E-state index contributed by atoms with van der Waals surface area (Å²) in [6.45, 7) is 1.48. The summed E-state index contributed by atoms with van der Waals surface area (Å²) in [7, 11) is -5.74. The quantitative estimate of drug-likeness (QED) is 0.837. The van der Waals surface area contributed by atoms with E-state index in [-0.39, 0.29) is 10.8 Å². The van der Waals surface area contributed by atoms with Crippen molar-refractivity contribution < 1.29 is 21.2 Å².